The Morgan fingerprint density at radius 3 is 2.38 bits per heavy atom. The van der Waals surface area contributed by atoms with Crippen LogP contribution in [0, 0.1) is 0 Å². The molecule has 1 aromatic rings. The first-order valence-corrected chi connectivity index (χ1v) is 8.96. The fourth-order valence-corrected chi connectivity index (χ4v) is 2.86. The highest BCUT2D eigenvalue weighted by Gasteiger charge is 2.17. The van der Waals surface area contributed by atoms with Crippen molar-refractivity contribution in [3.63, 3.8) is 0 Å². The van der Waals surface area contributed by atoms with Gasteiger partial charge in [0, 0.05) is 13.1 Å². The molecule has 1 fully saturated rings. The number of carbonyl (C=O) groups excluding carboxylic acids is 3. The van der Waals surface area contributed by atoms with Crippen LogP contribution >= 0.6 is 0 Å². The summed E-state index contributed by atoms with van der Waals surface area (Å²) in [6.45, 7) is 0.829. The summed E-state index contributed by atoms with van der Waals surface area (Å²) >= 11 is 0. The van der Waals surface area contributed by atoms with Crippen molar-refractivity contribution in [1.29, 1.82) is 0 Å². The number of benzene rings is 1. The highest BCUT2D eigenvalue weighted by Crippen LogP contribution is 2.16. The van der Waals surface area contributed by atoms with Gasteiger partial charge in [0.15, 0.2) is 6.61 Å². The Morgan fingerprint density at radius 2 is 1.69 bits per heavy atom. The summed E-state index contributed by atoms with van der Waals surface area (Å²) in [5.41, 5.74) is 0.333. The number of likely N-dealkylation sites (tertiary alicyclic amines) is 1. The Bertz CT molecular complexity index is 624. The minimum absolute atomic E-state index is 0.184. The van der Waals surface area contributed by atoms with E-state index >= 15 is 0 Å². The van der Waals surface area contributed by atoms with E-state index in [-0.39, 0.29) is 19.1 Å². The molecule has 0 aromatic heterocycles. The lowest BCUT2D eigenvalue weighted by atomic mass is 10.1. The maximum absolute atomic E-state index is 12.2. The van der Waals surface area contributed by atoms with Crippen LogP contribution in [0.1, 0.15) is 42.5 Å². The van der Waals surface area contributed by atoms with Gasteiger partial charge in [0.2, 0.25) is 0 Å². The van der Waals surface area contributed by atoms with Crippen molar-refractivity contribution in [3.05, 3.63) is 29.8 Å². The van der Waals surface area contributed by atoms with Crippen molar-refractivity contribution in [3.8, 4) is 5.75 Å². The van der Waals surface area contributed by atoms with Crippen LogP contribution in [-0.2, 0) is 14.3 Å². The number of ether oxygens (including phenoxy) is 2. The molecule has 2 amide bonds. The van der Waals surface area contributed by atoms with E-state index in [4.69, 9.17) is 9.47 Å². The topological polar surface area (TPSA) is 84.9 Å². The third-order valence-electron chi connectivity index (χ3n) is 4.31. The Balaban J connectivity index is 1.74. The zero-order valence-electron chi connectivity index (χ0n) is 15.2. The fourth-order valence-electron chi connectivity index (χ4n) is 2.86. The van der Waals surface area contributed by atoms with Crippen molar-refractivity contribution in [2.24, 2.45) is 0 Å². The van der Waals surface area contributed by atoms with E-state index in [0.717, 1.165) is 25.7 Å². The number of para-hydroxylation sites is 1. The lowest BCUT2D eigenvalue weighted by Gasteiger charge is -2.24. The minimum atomic E-state index is -0.645. The molecule has 0 radical (unpaired) electrons. The van der Waals surface area contributed by atoms with Gasteiger partial charge >= 0.3 is 5.97 Å². The largest absolute Gasteiger partial charge is 0.496 e. The summed E-state index contributed by atoms with van der Waals surface area (Å²) in [5, 5.41) is 2.48. The van der Waals surface area contributed by atoms with Crippen molar-refractivity contribution in [1.82, 2.24) is 10.2 Å². The van der Waals surface area contributed by atoms with E-state index in [9.17, 15) is 14.4 Å². The Labute approximate surface area is 153 Å². The van der Waals surface area contributed by atoms with E-state index in [1.165, 1.54) is 13.5 Å². The summed E-state index contributed by atoms with van der Waals surface area (Å²) in [7, 11) is 1.47. The van der Waals surface area contributed by atoms with Gasteiger partial charge < -0.3 is 19.7 Å². The second kappa shape index (κ2) is 10.4. The molecular weight excluding hydrogens is 336 g/mol. The lowest BCUT2D eigenvalue weighted by Crippen LogP contribution is -2.38. The third-order valence-corrected chi connectivity index (χ3v) is 4.31. The molecule has 0 bridgehead atoms. The van der Waals surface area contributed by atoms with Crippen LogP contribution < -0.4 is 10.1 Å². The first-order valence-electron chi connectivity index (χ1n) is 8.96. The SMILES string of the molecule is COc1ccccc1C(=O)NCC(=O)OCC(=O)N1CCCCCCC1. The molecular formula is C19H26N2O5. The van der Waals surface area contributed by atoms with Gasteiger partial charge in [-0.1, -0.05) is 31.4 Å². The summed E-state index contributed by atoms with van der Waals surface area (Å²) in [6, 6.07) is 6.72. The van der Waals surface area contributed by atoms with Crippen LogP contribution in [0.5, 0.6) is 5.75 Å². The van der Waals surface area contributed by atoms with E-state index in [1.54, 1.807) is 29.2 Å². The monoisotopic (exact) mass is 362 g/mol. The highest BCUT2D eigenvalue weighted by atomic mass is 16.5. The number of methoxy groups -OCH3 is 1. The van der Waals surface area contributed by atoms with Crippen LogP contribution in [-0.4, -0.2) is 56.0 Å². The first kappa shape index (κ1) is 19.8. The fraction of sp³-hybridized carbons (Fsp3) is 0.526. The minimum Gasteiger partial charge on any atom is -0.496 e. The average molecular weight is 362 g/mol. The second-order valence-corrected chi connectivity index (χ2v) is 6.19. The molecule has 142 valence electrons. The number of rotatable bonds is 6. The molecule has 0 saturated carbocycles. The average Bonchev–Trinajstić information content (AvgIpc) is 2.63. The lowest BCUT2D eigenvalue weighted by molar-refractivity contribution is -0.151. The zero-order chi connectivity index (χ0) is 18.8. The van der Waals surface area contributed by atoms with Crippen molar-refractivity contribution in [2.75, 3.05) is 33.4 Å². The number of carbonyl (C=O) groups is 3. The van der Waals surface area contributed by atoms with E-state index < -0.39 is 11.9 Å². The molecule has 7 heteroatoms. The van der Waals surface area contributed by atoms with E-state index in [1.807, 2.05) is 0 Å². The first-order chi connectivity index (χ1) is 12.6. The molecule has 0 spiro atoms. The van der Waals surface area contributed by atoms with Gasteiger partial charge in [-0.05, 0) is 25.0 Å². The van der Waals surface area contributed by atoms with Crippen LogP contribution in [0.15, 0.2) is 24.3 Å². The van der Waals surface area contributed by atoms with E-state index in [0.29, 0.717) is 24.4 Å². The van der Waals surface area contributed by atoms with Crippen LogP contribution in [0.3, 0.4) is 0 Å². The molecule has 0 aliphatic carbocycles. The van der Waals surface area contributed by atoms with Crippen LogP contribution in [0.2, 0.25) is 0 Å². The number of nitrogens with zero attached hydrogens (tertiary/aromatic N) is 1. The molecule has 1 aromatic carbocycles. The molecule has 1 aliphatic heterocycles. The molecule has 7 nitrogen and oxygen atoms in total. The number of hydrogen-bond acceptors (Lipinski definition) is 5. The predicted octanol–water partition coefficient (Wildman–Crippen LogP) is 1.76. The molecule has 1 N–H and O–H groups in total. The Morgan fingerprint density at radius 1 is 1.04 bits per heavy atom. The Kier molecular flexibility index (Phi) is 7.92. The second-order valence-electron chi connectivity index (χ2n) is 6.19. The maximum atomic E-state index is 12.2. The van der Waals surface area contributed by atoms with Crippen LogP contribution in [0.4, 0.5) is 0 Å². The van der Waals surface area contributed by atoms with Gasteiger partial charge in [-0.25, -0.2) is 0 Å². The number of amides is 2. The smallest absolute Gasteiger partial charge is 0.325 e. The van der Waals surface area contributed by atoms with Gasteiger partial charge in [0.25, 0.3) is 11.8 Å². The van der Waals surface area contributed by atoms with Crippen molar-refractivity contribution < 1.29 is 23.9 Å². The molecule has 0 atom stereocenters. The number of esters is 1. The molecule has 2 rings (SSSR count). The van der Waals surface area contributed by atoms with Crippen molar-refractivity contribution in [2.45, 2.75) is 32.1 Å². The van der Waals surface area contributed by atoms with Gasteiger partial charge in [-0.15, -0.1) is 0 Å². The number of hydrogen-bond donors (Lipinski definition) is 1. The standard InChI is InChI=1S/C19H26N2O5/c1-25-16-10-6-5-9-15(16)19(24)20-13-18(23)26-14-17(22)21-11-7-3-2-4-8-12-21/h5-6,9-10H,2-4,7-8,11-14H2,1H3,(H,20,24). The Hall–Kier alpha value is -2.57. The third kappa shape index (κ3) is 6.06. The predicted molar refractivity (Wildman–Crippen MR) is 96.0 cm³/mol. The van der Waals surface area contributed by atoms with Gasteiger partial charge in [-0.2, -0.15) is 0 Å². The highest BCUT2D eigenvalue weighted by molar-refractivity contribution is 5.98. The maximum Gasteiger partial charge on any atom is 0.325 e. The summed E-state index contributed by atoms with van der Waals surface area (Å²) < 4.78 is 10.1. The molecule has 1 heterocycles. The van der Waals surface area contributed by atoms with Crippen molar-refractivity contribution >= 4 is 17.8 Å². The normalized spacial score (nSPS) is 14.7. The quantitative estimate of drug-likeness (QED) is 0.780. The van der Waals surface area contributed by atoms with Gasteiger partial charge in [0.1, 0.15) is 12.3 Å². The van der Waals surface area contributed by atoms with Gasteiger partial charge in [0.05, 0.1) is 12.7 Å². The molecule has 0 unspecified atom stereocenters. The van der Waals surface area contributed by atoms with Gasteiger partial charge in [-0.3, -0.25) is 14.4 Å². The van der Waals surface area contributed by atoms with E-state index in [2.05, 4.69) is 5.32 Å². The molecule has 1 aliphatic rings. The molecule has 1 saturated heterocycles. The summed E-state index contributed by atoms with van der Waals surface area (Å²) in [6.07, 6.45) is 5.42. The zero-order valence-corrected chi connectivity index (χ0v) is 15.2. The number of nitrogens with one attached hydrogen (secondary N) is 1. The summed E-state index contributed by atoms with van der Waals surface area (Å²) in [4.78, 5) is 37.8. The van der Waals surface area contributed by atoms with Crippen LogP contribution in [0.25, 0.3) is 0 Å². The molecule has 26 heavy (non-hydrogen) atoms. The summed E-state index contributed by atoms with van der Waals surface area (Å²) in [5.74, 6) is -0.843.